The number of amides is 1. The van der Waals surface area contributed by atoms with Crippen LogP contribution in [0.4, 0.5) is 4.39 Å². The molecule has 2 heterocycles. The summed E-state index contributed by atoms with van der Waals surface area (Å²) < 4.78 is 21.7. The van der Waals surface area contributed by atoms with Crippen LogP contribution in [0.5, 0.6) is 0 Å². The van der Waals surface area contributed by atoms with Crippen LogP contribution in [0.3, 0.4) is 0 Å². The number of carbonyl (C=O) groups excluding carboxylic acids is 1. The lowest BCUT2D eigenvalue weighted by Crippen LogP contribution is -2.29. The van der Waals surface area contributed by atoms with E-state index in [0.717, 1.165) is 31.6 Å². The highest BCUT2D eigenvalue weighted by atomic mass is 19.1. The molecule has 0 unspecified atom stereocenters. The Bertz CT molecular complexity index is 843. The summed E-state index contributed by atoms with van der Waals surface area (Å²) in [5.74, 6) is 0.174. The highest BCUT2D eigenvalue weighted by Crippen LogP contribution is 2.12. The van der Waals surface area contributed by atoms with E-state index in [9.17, 15) is 14.0 Å². The smallest absolute Gasteiger partial charge is 0.345 e. The van der Waals surface area contributed by atoms with E-state index in [1.807, 2.05) is 0 Å². The second-order valence-electron chi connectivity index (χ2n) is 6.38. The molecule has 0 saturated heterocycles. The number of aryl methyl sites for hydroxylation is 2. The van der Waals surface area contributed by atoms with Crippen LogP contribution < -0.4 is 11.0 Å². The summed E-state index contributed by atoms with van der Waals surface area (Å²) in [6.45, 7) is 1.71. The maximum atomic E-state index is 13.6. The number of fused-ring (bicyclic) bond motifs is 1. The molecule has 7 nitrogen and oxygen atoms in total. The van der Waals surface area contributed by atoms with Crippen LogP contribution >= 0.6 is 0 Å². The lowest BCUT2D eigenvalue weighted by Gasteiger charge is -2.09. The molecule has 1 aliphatic heterocycles. The molecule has 140 valence electrons. The van der Waals surface area contributed by atoms with E-state index in [1.165, 1.54) is 30.0 Å². The van der Waals surface area contributed by atoms with Crippen molar-refractivity contribution in [1.82, 2.24) is 19.7 Å². The number of carbonyl (C=O) groups is 1. The zero-order valence-electron chi connectivity index (χ0n) is 14.8. The first kappa shape index (κ1) is 18.3. The number of rotatable bonds is 7. The number of hydrogen-bond acceptors (Lipinski definition) is 4. The van der Waals surface area contributed by atoms with Gasteiger partial charge >= 0.3 is 5.69 Å². The minimum absolute atomic E-state index is 0.0752. The Labute approximate surface area is 150 Å². The van der Waals surface area contributed by atoms with Gasteiger partial charge in [0, 0.05) is 44.3 Å². The Balaban J connectivity index is 1.52. The van der Waals surface area contributed by atoms with Crippen molar-refractivity contribution in [3.8, 4) is 0 Å². The van der Waals surface area contributed by atoms with E-state index in [1.54, 1.807) is 4.57 Å². The topological polar surface area (TPSA) is 78.2 Å². The molecule has 1 aliphatic rings. The SMILES string of the molecule is COCc1cc(C(=O)NCCCn2nc3n(c2=O)CCCC3)ccc1F. The first-order valence-electron chi connectivity index (χ1n) is 8.82. The number of methoxy groups -OCH3 is 1. The van der Waals surface area contributed by atoms with E-state index >= 15 is 0 Å². The van der Waals surface area contributed by atoms with Gasteiger partial charge in [-0.1, -0.05) is 0 Å². The van der Waals surface area contributed by atoms with Gasteiger partial charge in [0.1, 0.15) is 11.6 Å². The van der Waals surface area contributed by atoms with Crippen LogP contribution in [0.2, 0.25) is 0 Å². The average molecular weight is 362 g/mol. The molecule has 1 aromatic carbocycles. The Morgan fingerprint density at radius 1 is 1.38 bits per heavy atom. The number of nitrogens with zero attached hydrogens (tertiary/aromatic N) is 3. The fourth-order valence-electron chi connectivity index (χ4n) is 3.11. The molecule has 0 saturated carbocycles. The molecule has 0 fully saturated rings. The molecule has 0 spiro atoms. The molecule has 8 heteroatoms. The summed E-state index contributed by atoms with van der Waals surface area (Å²) in [6, 6.07) is 4.19. The molecule has 3 rings (SSSR count). The van der Waals surface area contributed by atoms with Gasteiger partial charge in [-0.25, -0.2) is 13.9 Å². The van der Waals surface area contributed by atoms with Gasteiger partial charge in [-0.3, -0.25) is 9.36 Å². The van der Waals surface area contributed by atoms with Crippen molar-refractivity contribution >= 4 is 5.91 Å². The van der Waals surface area contributed by atoms with Crippen molar-refractivity contribution in [2.75, 3.05) is 13.7 Å². The van der Waals surface area contributed by atoms with Crippen LogP contribution in [0.1, 0.15) is 41.0 Å². The van der Waals surface area contributed by atoms with Crippen molar-refractivity contribution < 1.29 is 13.9 Å². The Morgan fingerprint density at radius 3 is 3.00 bits per heavy atom. The van der Waals surface area contributed by atoms with Gasteiger partial charge in [0.05, 0.1) is 6.61 Å². The largest absolute Gasteiger partial charge is 0.380 e. The molecule has 0 radical (unpaired) electrons. The Hall–Kier alpha value is -2.48. The van der Waals surface area contributed by atoms with Crippen molar-refractivity contribution in [3.05, 3.63) is 51.5 Å². The molecule has 1 aromatic heterocycles. The van der Waals surface area contributed by atoms with Gasteiger partial charge in [-0.2, -0.15) is 5.10 Å². The molecule has 2 aromatic rings. The molecule has 0 atom stereocenters. The molecule has 0 aliphatic carbocycles. The molecule has 1 N–H and O–H groups in total. The lowest BCUT2D eigenvalue weighted by atomic mass is 10.1. The second-order valence-corrected chi connectivity index (χ2v) is 6.38. The average Bonchev–Trinajstić information content (AvgIpc) is 2.97. The van der Waals surface area contributed by atoms with Gasteiger partial charge in [0.25, 0.3) is 5.91 Å². The van der Waals surface area contributed by atoms with Crippen LogP contribution in [0.15, 0.2) is 23.0 Å². The number of aromatic nitrogens is 3. The van der Waals surface area contributed by atoms with Crippen LogP contribution in [-0.4, -0.2) is 33.9 Å². The summed E-state index contributed by atoms with van der Waals surface area (Å²) in [4.78, 5) is 24.4. The van der Waals surface area contributed by atoms with E-state index in [2.05, 4.69) is 10.4 Å². The number of halogens is 1. The lowest BCUT2D eigenvalue weighted by molar-refractivity contribution is 0.0952. The molecule has 1 amide bonds. The zero-order chi connectivity index (χ0) is 18.5. The third-order valence-electron chi connectivity index (χ3n) is 4.47. The van der Waals surface area contributed by atoms with Gasteiger partial charge in [-0.15, -0.1) is 0 Å². The van der Waals surface area contributed by atoms with Crippen LogP contribution in [0.25, 0.3) is 0 Å². The second kappa shape index (κ2) is 8.27. The zero-order valence-corrected chi connectivity index (χ0v) is 14.8. The maximum Gasteiger partial charge on any atom is 0.345 e. The summed E-state index contributed by atoms with van der Waals surface area (Å²) in [7, 11) is 1.47. The fraction of sp³-hybridized carbons (Fsp3) is 0.500. The quantitative estimate of drug-likeness (QED) is 0.757. The van der Waals surface area contributed by atoms with Gasteiger partial charge < -0.3 is 10.1 Å². The monoisotopic (exact) mass is 362 g/mol. The van der Waals surface area contributed by atoms with Gasteiger partial charge in [0.2, 0.25) is 0 Å². The number of ether oxygens (including phenoxy) is 1. The molecular weight excluding hydrogens is 339 g/mol. The van der Waals surface area contributed by atoms with Crippen molar-refractivity contribution in [3.63, 3.8) is 0 Å². The predicted octanol–water partition coefficient (Wildman–Crippen LogP) is 1.49. The van der Waals surface area contributed by atoms with Crippen molar-refractivity contribution in [2.24, 2.45) is 0 Å². The van der Waals surface area contributed by atoms with E-state index in [4.69, 9.17) is 4.74 Å². The third-order valence-corrected chi connectivity index (χ3v) is 4.47. The van der Waals surface area contributed by atoms with Crippen molar-refractivity contribution in [1.29, 1.82) is 0 Å². The normalized spacial score (nSPS) is 13.5. The number of hydrogen-bond donors (Lipinski definition) is 1. The summed E-state index contributed by atoms with van der Waals surface area (Å²) in [5.41, 5.74) is 0.650. The first-order valence-corrected chi connectivity index (χ1v) is 8.82. The highest BCUT2D eigenvalue weighted by molar-refractivity contribution is 5.94. The minimum atomic E-state index is -0.397. The van der Waals surface area contributed by atoms with E-state index < -0.39 is 5.82 Å². The van der Waals surface area contributed by atoms with Crippen LogP contribution in [0, 0.1) is 5.82 Å². The Morgan fingerprint density at radius 2 is 2.23 bits per heavy atom. The molecule has 0 bridgehead atoms. The number of nitrogens with one attached hydrogen (secondary N) is 1. The summed E-state index contributed by atoms with van der Waals surface area (Å²) in [6.07, 6.45) is 3.51. The maximum absolute atomic E-state index is 13.6. The highest BCUT2D eigenvalue weighted by Gasteiger charge is 2.16. The Kier molecular flexibility index (Phi) is 5.82. The summed E-state index contributed by atoms with van der Waals surface area (Å²) in [5, 5.41) is 7.15. The fourth-order valence-corrected chi connectivity index (χ4v) is 3.11. The third kappa shape index (κ3) is 4.01. The van der Waals surface area contributed by atoms with E-state index in [0.29, 0.717) is 30.6 Å². The van der Waals surface area contributed by atoms with Gasteiger partial charge in [-0.05, 0) is 37.5 Å². The van der Waals surface area contributed by atoms with Gasteiger partial charge in [0.15, 0.2) is 0 Å². The first-order chi connectivity index (χ1) is 12.6. The molecular formula is C18H23FN4O3. The predicted molar refractivity (Wildman–Crippen MR) is 93.5 cm³/mol. The van der Waals surface area contributed by atoms with Crippen LogP contribution in [-0.2, 0) is 30.9 Å². The summed E-state index contributed by atoms with van der Waals surface area (Å²) >= 11 is 0. The standard InChI is InChI=1S/C18H23FN4O3/c1-26-12-14-11-13(6-7-15(14)19)17(24)20-8-4-10-23-18(25)22-9-3-2-5-16(22)21-23/h6-7,11H,2-5,8-10,12H2,1H3,(H,20,24). The molecule has 26 heavy (non-hydrogen) atoms. The van der Waals surface area contributed by atoms with E-state index in [-0.39, 0.29) is 18.2 Å². The number of benzene rings is 1. The van der Waals surface area contributed by atoms with Crippen molar-refractivity contribution in [2.45, 2.75) is 45.4 Å². The minimum Gasteiger partial charge on any atom is -0.380 e.